The van der Waals surface area contributed by atoms with Gasteiger partial charge in [-0.05, 0) is 0 Å². The highest BCUT2D eigenvalue weighted by Gasteiger charge is 2.23. The Hall–Kier alpha value is -1.67. The van der Waals surface area contributed by atoms with Gasteiger partial charge >= 0.3 is 0 Å². The Labute approximate surface area is 106 Å². The van der Waals surface area contributed by atoms with Gasteiger partial charge in [-0.25, -0.2) is 13.4 Å². The summed E-state index contributed by atoms with van der Waals surface area (Å²) in [6.45, 7) is 0.271. The van der Waals surface area contributed by atoms with Crippen LogP contribution >= 0.6 is 0 Å². The fraction of sp³-hybridized carbons (Fsp3) is 0.400. The molecule has 0 saturated carbocycles. The Morgan fingerprint density at radius 2 is 2.06 bits per heavy atom. The van der Waals surface area contributed by atoms with Crippen LogP contribution in [0.2, 0.25) is 0 Å². The number of imidazole rings is 1. The van der Waals surface area contributed by atoms with Gasteiger partial charge in [0.1, 0.15) is 0 Å². The highest BCUT2D eigenvalue weighted by atomic mass is 32.2. The number of hydrogen-bond donors (Lipinski definition) is 0. The van der Waals surface area contributed by atoms with Crippen molar-refractivity contribution in [2.24, 2.45) is 14.1 Å². The van der Waals surface area contributed by atoms with Crippen molar-refractivity contribution in [2.75, 3.05) is 7.05 Å². The predicted molar refractivity (Wildman–Crippen MR) is 65.1 cm³/mol. The van der Waals surface area contributed by atoms with Crippen LogP contribution in [0.25, 0.3) is 0 Å². The summed E-state index contributed by atoms with van der Waals surface area (Å²) in [4.78, 5) is 3.87. The summed E-state index contributed by atoms with van der Waals surface area (Å²) in [5, 5.41) is 4.06. The minimum Gasteiger partial charge on any atom is -0.339 e. The smallest absolute Gasteiger partial charge is 0.262 e. The maximum Gasteiger partial charge on any atom is 0.262 e. The molecule has 2 rings (SSSR count). The summed E-state index contributed by atoms with van der Waals surface area (Å²) in [6, 6.07) is 0. The van der Waals surface area contributed by atoms with E-state index in [-0.39, 0.29) is 11.6 Å². The lowest BCUT2D eigenvalue weighted by molar-refractivity contribution is 0.464. The molecule has 98 valence electrons. The van der Waals surface area contributed by atoms with E-state index >= 15 is 0 Å². The largest absolute Gasteiger partial charge is 0.339 e. The monoisotopic (exact) mass is 269 g/mol. The van der Waals surface area contributed by atoms with Gasteiger partial charge in [-0.3, -0.25) is 4.68 Å². The highest BCUT2D eigenvalue weighted by molar-refractivity contribution is 7.89. The zero-order chi connectivity index (χ0) is 13.3. The average molecular weight is 269 g/mol. The first kappa shape index (κ1) is 12.8. The van der Waals surface area contributed by atoms with Gasteiger partial charge in [0.05, 0.1) is 12.5 Å². The van der Waals surface area contributed by atoms with E-state index in [2.05, 4.69) is 10.1 Å². The number of rotatable bonds is 4. The third-order valence-electron chi connectivity index (χ3n) is 2.52. The molecule has 0 N–H and O–H groups in total. The topological polar surface area (TPSA) is 73.0 Å². The summed E-state index contributed by atoms with van der Waals surface area (Å²) in [7, 11) is 1.50. The second kappa shape index (κ2) is 4.54. The third kappa shape index (κ3) is 2.44. The van der Waals surface area contributed by atoms with Crippen LogP contribution in [0, 0.1) is 0 Å². The predicted octanol–water partition coefficient (Wildman–Crippen LogP) is -0.0257. The van der Waals surface area contributed by atoms with Crippen LogP contribution in [0.3, 0.4) is 0 Å². The Bertz CT molecular complexity index is 643. The molecular formula is C10H15N5O2S. The summed E-state index contributed by atoms with van der Waals surface area (Å²) in [5.74, 6) is 0. The van der Waals surface area contributed by atoms with Gasteiger partial charge < -0.3 is 4.57 Å². The molecule has 7 nitrogen and oxygen atoms in total. The standard InChI is InChI=1S/C10H15N5O2S/c1-13-7-10(11-8-13)18(16,17)15(3)6-9-4-12-14(2)5-9/h4-5,7-8H,6H2,1-3H3. The van der Waals surface area contributed by atoms with Crippen molar-refractivity contribution in [3.05, 3.63) is 30.5 Å². The molecule has 18 heavy (non-hydrogen) atoms. The molecule has 0 saturated heterocycles. The van der Waals surface area contributed by atoms with E-state index in [0.717, 1.165) is 5.56 Å². The molecule has 0 unspecified atom stereocenters. The fourth-order valence-corrected chi connectivity index (χ4v) is 2.70. The number of aromatic nitrogens is 4. The zero-order valence-corrected chi connectivity index (χ0v) is 11.3. The van der Waals surface area contributed by atoms with E-state index in [0.29, 0.717) is 0 Å². The van der Waals surface area contributed by atoms with Crippen LogP contribution < -0.4 is 0 Å². The molecule has 0 spiro atoms. The fourth-order valence-electron chi connectivity index (χ4n) is 1.58. The first-order chi connectivity index (χ1) is 8.39. The van der Waals surface area contributed by atoms with Crippen molar-refractivity contribution >= 4 is 10.0 Å². The quantitative estimate of drug-likeness (QED) is 0.781. The van der Waals surface area contributed by atoms with Crippen LogP contribution in [0.1, 0.15) is 5.56 Å². The number of hydrogen-bond acceptors (Lipinski definition) is 4. The van der Waals surface area contributed by atoms with E-state index in [9.17, 15) is 8.42 Å². The Morgan fingerprint density at radius 3 is 2.56 bits per heavy atom. The molecule has 0 atom stereocenters. The van der Waals surface area contributed by atoms with Gasteiger partial charge in [0.2, 0.25) is 0 Å². The molecule has 8 heteroatoms. The van der Waals surface area contributed by atoms with E-state index in [1.807, 2.05) is 0 Å². The first-order valence-corrected chi connectivity index (χ1v) is 6.75. The van der Waals surface area contributed by atoms with Gasteiger partial charge in [-0.1, -0.05) is 0 Å². The van der Waals surface area contributed by atoms with Crippen LogP contribution in [0.4, 0.5) is 0 Å². The number of sulfonamides is 1. The van der Waals surface area contributed by atoms with E-state index < -0.39 is 10.0 Å². The zero-order valence-electron chi connectivity index (χ0n) is 10.5. The molecule has 0 amide bonds. The SMILES string of the molecule is CN(Cc1cnn(C)c1)S(=O)(=O)c1cn(C)cn1. The second-order valence-corrected chi connectivity index (χ2v) is 6.15. The van der Waals surface area contributed by atoms with Gasteiger partial charge in [-0.2, -0.15) is 9.40 Å². The molecule has 0 bridgehead atoms. The van der Waals surface area contributed by atoms with Crippen molar-refractivity contribution < 1.29 is 8.42 Å². The Balaban J connectivity index is 2.20. The minimum atomic E-state index is -3.54. The van der Waals surface area contributed by atoms with E-state index in [1.165, 1.54) is 23.9 Å². The molecular weight excluding hydrogens is 254 g/mol. The van der Waals surface area contributed by atoms with Gasteiger partial charge in [0.15, 0.2) is 5.03 Å². The third-order valence-corrected chi connectivity index (χ3v) is 4.21. The molecule has 2 aromatic rings. The Kier molecular flexibility index (Phi) is 3.22. The van der Waals surface area contributed by atoms with Crippen LogP contribution in [-0.2, 0) is 30.7 Å². The lowest BCUT2D eigenvalue weighted by atomic mass is 10.4. The van der Waals surface area contributed by atoms with Crippen molar-refractivity contribution in [3.63, 3.8) is 0 Å². The molecule has 2 aromatic heterocycles. The number of aryl methyl sites for hydroxylation is 2. The van der Waals surface area contributed by atoms with Gasteiger partial charge in [0.25, 0.3) is 10.0 Å². The molecule has 0 radical (unpaired) electrons. The minimum absolute atomic E-state index is 0.0522. The summed E-state index contributed by atoms with van der Waals surface area (Å²) in [6.07, 6.45) is 6.37. The van der Waals surface area contributed by atoms with E-state index in [4.69, 9.17) is 0 Å². The molecule has 0 aliphatic carbocycles. The first-order valence-electron chi connectivity index (χ1n) is 5.31. The maximum absolute atomic E-state index is 12.2. The van der Waals surface area contributed by atoms with Crippen molar-refractivity contribution in [3.8, 4) is 0 Å². The van der Waals surface area contributed by atoms with Crippen LogP contribution in [0.15, 0.2) is 29.9 Å². The summed E-state index contributed by atoms with van der Waals surface area (Å²) < 4.78 is 28.9. The maximum atomic E-state index is 12.2. The molecule has 0 aliphatic heterocycles. The lowest BCUT2D eigenvalue weighted by Crippen LogP contribution is -2.26. The highest BCUT2D eigenvalue weighted by Crippen LogP contribution is 2.14. The van der Waals surface area contributed by atoms with Crippen LogP contribution in [0.5, 0.6) is 0 Å². The van der Waals surface area contributed by atoms with Crippen molar-refractivity contribution in [2.45, 2.75) is 11.6 Å². The van der Waals surface area contributed by atoms with Gasteiger partial charge in [0, 0.05) is 45.6 Å². The molecule has 2 heterocycles. The normalized spacial score (nSPS) is 12.2. The molecule has 0 aromatic carbocycles. The Morgan fingerprint density at radius 1 is 1.33 bits per heavy atom. The van der Waals surface area contributed by atoms with E-state index in [1.54, 1.807) is 35.7 Å². The molecule has 0 fully saturated rings. The average Bonchev–Trinajstić information content (AvgIpc) is 2.88. The van der Waals surface area contributed by atoms with Crippen LogP contribution in [-0.4, -0.2) is 39.1 Å². The van der Waals surface area contributed by atoms with Gasteiger partial charge in [-0.15, -0.1) is 0 Å². The van der Waals surface area contributed by atoms with Crippen molar-refractivity contribution in [1.82, 2.24) is 23.6 Å². The second-order valence-electron chi connectivity index (χ2n) is 4.16. The summed E-state index contributed by atoms with van der Waals surface area (Å²) in [5.41, 5.74) is 0.833. The van der Waals surface area contributed by atoms with Crippen molar-refractivity contribution in [1.29, 1.82) is 0 Å². The lowest BCUT2D eigenvalue weighted by Gasteiger charge is -2.14. The molecule has 0 aliphatic rings. The summed E-state index contributed by atoms with van der Waals surface area (Å²) >= 11 is 0. The number of nitrogens with zero attached hydrogens (tertiary/aromatic N) is 5.